The Kier molecular flexibility index (Phi) is 2.05. The molecular weight excluding hydrogens is 160 g/mol. The van der Waals surface area contributed by atoms with Gasteiger partial charge < -0.3 is 4.79 Å². The number of allylic oxidation sites excluding steroid dienone is 2. The van der Waals surface area contributed by atoms with Crippen molar-refractivity contribution in [3.8, 4) is 0 Å². The van der Waals surface area contributed by atoms with Crippen LogP contribution < -0.4 is 0 Å². The van der Waals surface area contributed by atoms with E-state index in [-0.39, 0.29) is 0 Å². The van der Waals surface area contributed by atoms with Crippen LogP contribution in [0.5, 0.6) is 0 Å². The molecule has 0 heterocycles. The zero-order valence-electron chi connectivity index (χ0n) is 8.55. The molecule has 0 aromatic carbocycles. The molecule has 3 rings (SSSR count). The van der Waals surface area contributed by atoms with Crippen LogP contribution in [0.25, 0.3) is 0 Å². The summed E-state index contributed by atoms with van der Waals surface area (Å²) in [5.74, 6) is 1.65. The van der Waals surface area contributed by atoms with E-state index in [2.05, 4.69) is 19.9 Å². The Morgan fingerprint density at radius 1 is 1.69 bits per heavy atom. The van der Waals surface area contributed by atoms with E-state index in [0.29, 0.717) is 5.41 Å². The van der Waals surface area contributed by atoms with E-state index in [1.165, 1.54) is 12.8 Å². The average molecular weight is 178 g/mol. The fourth-order valence-corrected chi connectivity index (χ4v) is 3.24. The lowest BCUT2D eigenvalue weighted by Crippen LogP contribution is -2.49. The van der Waals surface area contributed by atoms with E-state index < -0.39 is 0 Å². The van der Waals surface area contributed by atoms with Crippen molar-refractivity contribution in [2.45, 2.75) is 39.5 Å². The number of carbonyl (C=O) groups is 1. The molecule has 3 aliphatic rings. The molecule has 0 amide bonds. The van der Waals surface area contributed by atoms with Gasteiger partial charge in [0.2, 0.25) is 0 Å². The molecule has 0 saturated heterocycles. The molecule has 1 nitrogen and oxygen atoms in total. The Morgan fingerprint density at radius 3 is 3.00 bits per heavy atom. The summed E-state index contributed by atoms with van der Waals surface area (Å²) in [6.45, 7) is 4.62. The highest BCUT2D eigenvalue weighted by Gasteiger charge is 2.52. The topological polar surface area (TPSA) is 17.1 Å². The summed E-state index contributed by atoms with van der Waals surface area (Å²) in [7, 11) is 0. The Morgan fingerprint density at radius 2 is 2.46 bits per heavy atom. The van der Waals surface area contributed by atoms with Crippen LogP contribution in [0.1, 0.15) is 39.5 Å². The van der Waals surface area contributed by atoms with Crippen molar-refractivity contribution < 1.29 is 4.79 Å². The van der Waals surface area contributed by atoms with E-state index in [1.807, 2.05) is 0 Å². The summed E-state index contributed by atoms with van der Waals surface area (Å²) in [6.07, 6.45) is 7.92. The Bertz CT molecular complexity index is 254. The number of hydrogen-bond acceptors (Lipinski definition) is 1. The predicted octanol–water partition coefficient (Wildman–Crippen LogP) is 2.96. The van der Waals surface area contributed by atoms with Gasteiger partial charge in [0, 0.05) is 6.42 Å². The third-order valence-corrected chi connectivity index (χ3v) is 4.32. The maximum atomic E-state index is 10.4. The van der Waals surface area contributed by atoms with E-state index in [0.717, 1.165) is 31.0 Å². The standard InChI is InChI=1S/C12H18O/c1-9-4-5-10-8-11(9)12(10,2)6-3-7-13/h4,7,10-11H,3,5-6,8H2,1-2H3. The van der Waals surface area contributed by atoms with Crippen LogP contribution in [-0.4, -0.2) is 6.29 Å². The minimum atomic E-state index is 0.458. The monoisotopic (exact) mass is 178 g/mol. The van der Waals surface area contributed by atoms with Crippen molar-refractivity contribution in [2.24, 2.45) is 17.3 Å². The molecule has 72 valence electrons. The lowest BCUT2D eigenvalue weighted by Gasteiger charge is -2.58. The SMILES string of the molecule is CC1=CCC2CC1C2(C)CCC=O. The summed E-state index contributed by atoms with van der Waals surface area (Å²) in [4.78, 5) is 10.4. The summed E-state index contributed by atoms with van der Waals surface area (Å²) in [6, 6.07) is 0. The first kappa shape index (κ1) is 8.98. The highest BCUT2D eigenvalue weighted by Crippen LogP contribution is 2.61. The van der Waals surface area contributed by atoms with Gasteiger partial charge in [-0.15, -0.1) is 0 Å². The van der Waals surface area contributed by atoms with Crippen molar-refractivity contribution in [1.82, 2.24) is 0 Å². The van der Waals surface area contributed by atoms with Gasteiger partial charge in [-0.1, -0.05) is 18.6 Å². The number of aldehydes is 1. The molecule has 0 aromatic heterocycles. The Hall–Kier alpha value is -0.590. The molecule has 2 bridgehead atoms. The largest absolute Gasteiger partial charge is 0.303 e. The molecule has 3 aliphatic carbocycles. The summed E-state index contributed by atoms with van der Waals surface area (Å²) in [5, 5.41) is 0. The minimum absolute atomic E-state index is 0.458. The molecule has 0 spiro atoms. The van der Waals surface area contributed by atoms with Gasteiger partial charge in [0.25, 0.3) is 0 Å². The second kappa shape index (κ2) is 2.97. The third kappa shape index (κ3) is 1.17. The normalized spacial score (nSPS) is 42.2. The van der Waals surface area contributed by atoms with Gasteiger partial charge in [0.05, 0.1) is 0 Å². The minimum Gasteiger partial charge on any atom is -0.303 e. The molecule has 3 unspecified atom stereocenters. The van der Waals surface area contributed by atoms with Gasteiger partial charge in [0.15, 0.2) is 0 Å². The first-order valence-electron chi connectivity index (χ1n) is 5.29. The van der Waals surface area contributed by atoms with Gasteiger partial charge in [-0.3, -0.25) is 0 Å². The van der Waals surface area contributed by atoms with Gasteiger partial charge in [-0.2, -0.15) is 0 Å². The van der Waals surface area contributed by atoms with Crippen LogP contribution in [0.3, 0.4) is 0 Å². The van der Waals surface area contributed by atoms with Gasteiger partial charge >= 0.3 is 0 Å². The fourth-order valence-electron chi connectivity index (χ4n) is 3.24. The van der Waals surface area contributed by atoms with E-state index >= 15 is 0 Å². The van der Waals surface area contributed by atoms with E-state index in [9.17, 15) is 4.79 Å². The quantitative estimate of drug-likeness (QED) is 0.479. The molecule has 1 saturated carbocycles. The first-order chi connectivity index (χ1) is 6.18. The molecule has 1 fully saturated rings. The van der Waals surface area contributed by atoms with Gasteiger partial charge in [-0.05, 0) is 43.4 Å². The summed E-state index contributed by atoms with van der Waals surface area (Å²) < 4.78 is 0. The number of rotatable bonds is 3. The Labute approximate surface area is 80.2 Å². The van der Waals surface area contributed by atoms with Gasteiger partial charge in [-0.25, -0.2) is 0 Å². The first-order valence-corrected chi connectivity index (χ1v) is 5.29. The highest BCUT2D eigenvalue weighted by atomic mass is 16.1. The molecule has 0 radical (unpaired) electrons. The van der Waals surface area contributed by atoms with Crippen molar-refractivity contribution in [3.63, 3.8) is 0 Å². The highest BCUT2D eigenvalue weighted by molar-refractivity contribution is 5.49. The predicted molar refractivity (Wildman–Crippen MR) is 53.4 cm³/mol. The van der Waals surface area contributed by atoms with Crippen LogP contribution >= 0.6 is 0 Å². The zero-order valence-corrected chi connectivity index (χ0v) is 8.55. The molecule has 0 N–H and O–H groups in total. The van der Waals surface area contributed by atoms with Crippen LogP contribution in [-0.2, 0) is 4.79 Å². The van der Waals surface area contributed by atoms with Crippen LogP contribution in [0.15, 0.2) is 11.6 Å². The van der Waals surface area contributed by atoms with Crippen molar-refractivity contribution in [3.05, 3.63) is 11.6 Å². The van der Waals surface area contributed by atoms with Crippen molar-refractivity contribution >= 4 is 6.29 Å². The molecule has 0 aromatic rings. The number of hydrogen-bond donors (Lipinski definition) is 0. The molecule has 13 heavy (non-hydrogen) atoms. The maximum absolute atomic E-state index is 10.4. The number of fused-ring (bicyclic) bond motifs is 1. The van der Waals surface area contributed by atoms with Crippen LogP contribution in [0.2, 0.25) is 0 Å². The molecular formula is C12H18O. The zero-order chi connectivity index (χ0) is 9.47. The van der Waals surface area contributed by atoms with E-state index in [4.69, 9.17) is 0 Å². The summed E-state index contributed by atoms with van der Waals surface area (Å²) in [5.41, 5.74) is 2.02. The average Bonchev–Trinajstić information content (AvgIpc) is 2.13. The number of carbonyl (C=O) groups excluding carboxylic acids is 1. The molecule has 0 aliphatic heterocycles. The van der Waals surface area contributed by atoms with Crippen molar-refractivity contribution in [2.75, 3.05) is 0 Å². The third-order valence-electron chi connectivity index (χ3n) is 4.32. The van der Waals surface area contributed by atoms with Crippen molar-refractivity contribution in [1.29, 1.82) is 0 Å². The van der Waals surface area contributed by atoms with Gasteiger partial charge in [0.1, 0.15) is 6.29 Å². The molecule has 3 atom stereocenters. The van der Waals surface area contributed by atoms with E-state index in [1.54, 1.807) is 5.57 Å². The summed E-state index contributed by atoms with van der Waals surface area (Å²) >= 11 is 0. The second-order valence-corrected chi connectivity index (χ2v) is 4.88. The lowest BCUT2D eigenvalue weighted by atomic mass is 9.47. The van der Waals surface area contributed by atoms with Crippen LogP contribution in [0, 0.1) is 17.3 Å². The second-order valence-electron chi connectivity index (χ2n) is 4.88. The van der Waals surface area contributed by atoms with Crippen LogP contribution in [0.4, 0.5) is 0 Å². The Balaban J connectivity index is 2.09. The fraction of sp³-hybridized carbons (Fsp3) is 0.750. The lowest BCUT2D eigenvalue weighted by molar-refractivity contribution is -0.110. The smallest absolute Gasteiger partial charge is 0.120 e. The maximum Gasteiger partial charge on any atom is 0.120 e. The molecule has 1 heteroatoms.